The first kappa shape index (κ1) is 17.5. The Balaban J connectivity index is 2.05. The zero-order valence-corrected chi connectivity index (χ0v) is 15.4. The van der Waals surface area contributed by atoms with Crippen LogP contribution in [-0.4, -0.2) is 17.3 Å². The maximum absolute atomic E-state index is 5.90. The van der Waals surface area contributed by atoms with Gasteiger partial charge in [-0.2, -0.15) is 0 Å². The monoisotopic (exact) mass is 339 g/mol. The fraction of sp³-hybridized carbons (Fsp3) is 0.333. The first-order valence-electron chi connectivity index (χ1n) is 8.43. The van der Waals surface area contributed by atoms with Crippen molar-refractivity contribution in [3.63, 3.8) is 0 Å². The van der Waals surface area contributed by atoms with Crippen LogP contribution >= 0.6 is 0 Å². The molecule has 0 aliphatic rings. The molecule has 4 heteroatoms. The minimum Gasteiger partial charge on any atom is -0.497 e. The van der Waals surface area contributed by atoms with Crippen LogP contribution in [0.5, 0.6) is 5.75 Å². The molecule has 0 amide bonds. The molecule has 0 fully saturated rings. The average molecular weight is 339 g/mol. The van der Waals surface area contributed by atoms with Crippen LogP contribution < -0.4 is 4.74 Å². The molecule has 3 rings (SSSR count). The van der Waals surface area contributed by atoms with Crippen LogP contribution in [-0.2, 0) is 9.78 Å². The number of aryl methyl sites for hydroxylation is 1. The van der Waals surface area contributed by atoms with E-state index in [-0.39, 0.29) is 6.23 Å². The first-order valence-corrected chi connectivity index (χ1v) is 8.43. The molecule has 0 radical (unpaired) electrons. The highest BCUT2D eigenvalue weighted by molar-refractivity contribution is 5.83. The molecule has 0 aliphatic carbocycles. The highest BCUT2D eigenvalue weighted by Gasteiger charge is 2.22. The maximum Gasteiger partial charge on any atom is 0.194 e. The van der Waals surface area contributed by atoms with Gasteiger partial charge in [-0.05, 0) is 51.5 Å². The van der Waals surface area contributed by atoms with Crippen LogP contribution in [0.25, 0.3) is 10.9 Å². The Bertz CT molecular complexity index is 844. The second-order valence-electron chi connectivity index (χ2n) is 7.15. The molecule has 3 aromatic rings. The second kappa shape index (κ2) is 6.90. The Kier molecular flexibility index (Phi) is 4.84. The average Bonchev–Trinajstić information content (AvgIpc) is 2.92. The van der Waals surface area contributed by atoms with E-state index in [4.69, 9.17) is 14.5 Å². The van der Waals surface area contributed by atoms with Gasteiger partial charge in [0, 0.05) is 17.1 Å². The number of hydrogen-bond donors (Lipinski definition) is 0. The molecule has 132 valence electrons. The van der Waals surface area contributed by atoms with Gasteiger partial charge in [0.25, 0.3) is 0 Å². The van der Waals surface area contributed by atoms with Crippen molar-refractivity contribution in [3.8, 4) is 5.75 Å². The minimum atomic E-state index is -0.400. The lowest BCUT2D eigenvalue weighted by Crippen LogP contribution is -2.23. The first-order chi connectivity index (χ1) is 11.9. The number of para-hydroxylation sites is 1. The predicted octanol–water partition coefficient (Wildman–Crippen LogP) is 5.25. The van der Waals surface area contributed by atoms with Crippen molar-refractivity contribution in [2.24, 2.45) is 0 Å². The van der Waals surface area contributed by atoms with Crippen molar-refractivity contribution in [2.45, 2.75) is 39.5 Å². The molecule has 0 N–H and O–H groups in total. The Morgan fingerprint density at radius 2 is 1.64 bits per heavy atom. The molecule has 0 saturated heterocycles. The topological polar surface area (TPSA) is 32.6 Å². The summed E-state index contributed by atoms with van der Waals surface area (Å²) in [6.07, 6.45) is 1.72. The number of hydrogen-bond acceptors (Lipinski definition) is 3. The molecular formula is C21H25NO3. The van der Waals surface area contributed by atoms with Crippen LogP contribution in [0.4, 0.5) is 0 Å². The molecule has 1 unspecified atom stereocenters. The largest absolute Gasteiger partial charge is 0.497 e. The minimum absolute atomic E-state index is 0.385. The molecule has 0 aliphatic heterocycles. The van der Waals surface area contributed by atoms with E-state index in [0.717, 1.165) is 16.8 Å². The molecule has 2 aromatic carbocycles. The van der Waals surface area contributed by atoms with Gasteiger partial charge in [0.15, 0.2) is 6.23 Å². The quantitative estimate of drug-likeness (QED) is 0.470. The third-order valence-electron chi connectivity index (χ3n) is 3.98. The smallest absolute Gasteiger partial charge is 0.194 e. The lowest BCUT2D eigenvalue weighted by molar-refractivity contribution is -0.380. The number of methoxy groups -OCH3 is 1. The standard InChI is InChI=1S/C21H25NO3/c1-15-14-22(19-9-7-6-8-18(15)19)20(24-25-21(2,3)4)16-10-12-17(23-5)13-11-16/h6-14,20H,1-5H3. The molecule has 1 atom stereocenters. The molecule has 0 saturated carbocycles. The number of aromatic nitrogens is 1. The number of nitrogens with zero attached hydrogens (tertiary/aromatic N) is 1. The fourth-order valence-corrected chi connectivity index (χ4v) is 2.79. The van der Waals surface area contributed by atoms with Crippen LogP contribution in [0.2, 0.25) is 0 Å². The molecule has 0 spiro atoms. The lowest BCUT2D eigenvalue weighted by atomic mass is 10.2. The maximum atomic E-state index is 5.90. The predicted molar refractivity (Wildman–Crippen MR) is 99.7 cm³/mol. The number of ether oxygens (including phenoxy) is 1. The van der Waals surface area contributed by atoms with E-state index in [1.54, 1.807) is 7.11 Å². The van der Waals surface area contributed by atoms with Crippen LogP contribution in [0.3, 0.4) is 0 Å². The van der Waals surface area contributed by atoms with E-state index in [0.29, 0.717) is 0 Å². The fourth-order valence-electron chi connectivity index (χ4n) is 2.79. The highest BCUT2D eigenvalue weighted by atomic mass is 17.2. The molecule has 25 heavy (non-hydrogen) atoms. The summed E-state index contributed by atoms with van der Waals surface area (Å²) in [5.74, 6) is 0.813. The van der Waals surface area contributed by atoms with Crippen molar-refractivity contribution in [1.82, 2.24) is 4.57 Å². The zero-order valence-electron chi connectivity index (χ0n) is 15.4. The van der Waals surface area contributed by atoms with E-state index in [1.807, 2.05) is 51.1 Å². The third-order valence-corrected chi connectivity index (χ3v) is 3.98. The Morgan fingerprint density at radius 3 is 2.28 bits per heavy atom. The molecular weight excluding hydrogens is 314 g/mol. The van der Waals surface area contributed by atoms with E-state index in [1.165, 1.54) is 10.9 Å². The third kappa shape index (κ3) is 3.86. The van der Waals surface area contributed by atoms with Gasteiger partial charge in [-0.25, -0.2) is 9.78 Å². The van der Waals surface area contributed by atoms with E-state index >= 15 is 0 Å². The highest BCUT2D eigenvalue weighted by Crippen LogP contribution is 2.30. The Labute approximate surface area is 148 Å². The summed E-state index contributed by atoms with van der Waals surface area (Å²) in [7, 11) is 1.66. The normalized spacial score (nSPS) is 13.2. The second-order valence-corrected chi connectivity index (χ2v) is 7.15. The molecule has 1 aromatic heterocycles. The summed E-state index contributed by atoms with van der Waals surface area (Å²) in [4.78, 5) is 11.6. The lowest BCUT2D eigenvalue weighted by Gasteiger charge is -2.25. The summed E-state index contributed by atoms with van der Waals surface area (Å²) in [5.41, 5.74) is 2.90. The van der Waals surface area contributed by atoms with Crippen molar-refractivity contribution < 1.29 is 14.5 Å². The van der Waals surface area contributed by atoms with Crippen LogP contribution in [0.15, 0.2) is 54.7 Å². The molecule has 0 bridgehead atoms. The van der Waals surface area contributed by atoms with Gasteiger partial charge in [0.05, 0.1) is 18.2 Å². The van der Waals surface area contributed by atoms with Crippen molar-refractivity contribution >= 4 is 10.9 Å². The Morgan fingerprint density at radius 1 is 0.960 bits per heavy atom. The number of rotatable bonds is 5. The van der Waals surface area contributed by atoms with Gasteiger partial charge in [-0.3, -0.25) is 0 Å². The summed E-state index contributed by atoms with van der Waals surface area (Å²) in [6, 6.07) is 16.2. The van der Waals surface area contributed by atoms with Gasteiger partial charge in [-0.1, -0.05) is 30.3 Å². The van der Waals surface area contributed by atoms with Crippen molar-refractivity contribution in [2.75, 3.05) is 7.11 Å². The summed E-state index contributed by atoms with van der Waals surface area (Å²) < 4.78 is 7.37. The number of fused-ring (bicyclic) bond motifs is 1. The molecule has 1 heterocycles. The number of benzene rings is 2. The van der Waals surface area contributed by atoms with Crippen molar-refractivity contribution in [1.29, 1.82) is 0 Å². The SMILES string of the molecule is COc1ccc(C(OOC(C)(C)C)n2cc(C)c3ccccc32)cc1. The molecule has 4 nitrogen and oxygen atoms in total. The summed E-state index contributed by atoms with van der Waals surface area (Å²) in [5, 5.41) is 1.21. The van der Waals surface area contributed by atoms with Crippen molar-refractivity contribution in [3.05, 3.63) is 65.9 Å². The van der Waals surface area contributed by atoms with E-state index < -0.39 is 5.60 Å². The zero-order chi connectivity index (χ0) is 18.0. The van der Waals surface area contributed by atoms with Gasteiger partial charge in [0.1, 0.15) is 5.75 Å². The van der Waals surface area contributed by atoms with Gasteiger partial charge < -0.3 is 9.30 Å². The van der Waals surface area contributed by atoms with Gasteiger partial charge in [0.2, 0.25) is 0 Å². The van der Waals surface area contributed by atoms with Crippen LogP contribution in [0.1, 0.15) is 38.1 Å². The summed E-state index contributed by atoms with van der Waals surface area (Å²) in [6.45, 7) is 8.01. The van der Waals surface area contributed by atoms with E-state index in [2.05, 4.69) is 35.9 Å². The van der Waals surface area contributed by atoms with Crippen LogP contribution in [0, 0.1) is 6.92 Å². The van der Waals surface area contributed by atoms with Gasteiger partial charge >= 0.3 is 0 Å². The van der Waals surface area contributed by atoms with E-state index in [9.17, 15) is 0 Å². The summed E-state index contributed by atoms with van der Waals surface area (Å²) >= 11 is 0. The Hall–Kier alpha value is -2.30. The van der Waals surface area contributed by atoms with Gasteiger partial charge in [-0.15, -0.1) is 0 Å².